The molecule has 5 nitrogen and oxygen atoms in total. The Morgan fingerprint density at radius 2 is 2.05 bits per heavy atom. The van der Waals surface area contributed by atoms with Gasteiger partial charge in [0.2, 0.25) is 0 Å². The molecule has 0 aliphatic heterocycles. The van der Waals surface area contributed by atoms with E-state index in [2.05, 4.69) is 5.32 Å². The third kappa shape index (κ3) is 4.31. The molecule has 0 fully saturated rings. The van der Waals surface area contributed by atoms with Crippen LogP contribution in [-0.2, 0) is 14.3 Å². The van der Waals surface area contributed by atoms with Gasteiger partial charge in [0.15, 0.2) is 6.10 Å². The summed E-state index contributed by atoms with van der Waals surface area (Å²) in [4.78, 5) is 23.4. The van der Waals surface area contributed by atoms with E-state index in [1.165, 1.54) is 37.5 Å². The fraction of sp³-hybridized carbons (Fsp3) is 0.125. The van der Waals surface area contributed by atoms with Crippen molar-refractivity contribution in [1.82, 2.24) is 0 Å². The number of carbonyl (C=O) groups excluding carboxylic acids is 2. The van der Waals surface area contributed by atoms with E-state index in [4.69, 9.17) is 9.15 Å². The van der Waals surface area contributed by atoms with Gasteiger partial charge in [0, 0.05) is 6.08 Å². The lowest BCUT2D eigenvalue weighted by molar-refractivity contribution is -0.148. The van der Waals surface area contributed by atoms with Gasteiger partial charge in [-0.25, -0.2) is 9.18 Å². The zero-order valence-corrected chi connectivity index (χ0v) is 11.8. The maximum Gasteiger partial charge on any atom is 0.331 e. The second-order valence-electron chi connectivity index (χ2n) is 4.40. The Labute approximate surface area is 126 Å². The lowest BCUT2D eigenvalue weighted by atomic mass is 10.3. The number of benzene rings is 1. The molecule has 1 atom stereocenters. The summed E-state index contributed by atoms with van der Waals surface area (Å²) in [6.07, 6.45) is 2.97. The normalized spacial score (nSPS) is 12.1. The Bertz CT molecular complexity index is 679. The number of hydrogen-bond donors (Lipinski definition) is 1. The molecule has 1 amide bonds. The number of hydrogen-bond acceptors (Lipinski definition) is 4. The molecule has 2 rings (SSSR count). The van der Waals surface area contributed by atoms with Crippen molar-refractivity contribution in [1.29, 1.82) is 0 Å². The van der Waals surface area contributed by atoms with Gasteiger partial charge in [-0.1, -0.05) is 12.1 Å². The van der Waals surface area contributed by atoms with E-state index in [1.54, 1.807) is 18.2 Å². The Hall–Kier alpha value is -2.89. The molecule has 0 radical (unpaired) electrons. The minimum absolute atomic E-state index is 0.0292. The van der Waals surface area contributed by atoms with E-state index in [0.717, 1.165) is 6.08 Å². The number of furan rings is 1. The van der Waals surface area contributed by atoms with Crippen LogP contribution in [0.2, 0.25) is 0 Å². The number of para-hydroxylation sites is 1. The smallest absolute Gasteiger partial charge is 0.331 e. The van der Waals surface area contributed by atoms with Crippen molar-refractivity contribution in [3.8, 4) is 0 Å². The van der Waals surface area contributed by atoms with Crippen molar-refractivity contribution in [2.45, 2.75) is 13.0 Å². The second-order valence-corrected chi connectivity index (χ2v) is 4.40. The van der Waals surface area contributed by atoms with Gasteiger partial charge >= 0.3 is 5.97 Å². The number of esters is 1. The highest BCUT2D eigenvalue weighted by Gasteiger charge is 2.17. The predicted octanol–water partition coefficient (Wildman–Crippen LogP) is 3.00. The van der Waals surface area contributed by atoms with E-state index in [-0.39, 0.29) is 5.69 Å². The van der Waals surface area contributed by atoms with Crippen molar-refractivity contribution in [3.05, 3.63) is 60.3 Å². The van der Waals surface area contributed by atoms with Gasteiger partial charge in [-0.3, -0.25) is 4.79 Å². The number of ether oxygens (including phenoxy) is 1. The van der Waals surface area contributed by atoms with Crippen LogP contribution >= 0.6 is 0 Å². The Morgan fingerprint density at radius 1 is 1.27 bits per heavy atom. The summed E-state index contributed by atoms with van der Waals surface area (Å²) in [5.41, 5.74) is 0.0292. The molecular weight excluding hydrogens is 289 g/mol. The summed E-state index contributed by atoms with van der Waals surface area (Å²) in [7, 11) is 0. The maximum atomic E-state index is 13.4. The first-order valence-corrected chi connectivity index (χ1v) is 6.54. The van der Waals surface area contributed by atoms with E-state index in [1.807, 2.05) is 0 Å². The molecule has 1 aromatic carbocycles. The van der Waals surface area contributed by atoms with Crippen molar-refractivity contribution >= 4 is 23.6 Å². The number of carbonyl (C=O) groups is 2. The van der Waals surface area contributed by atoms with E-state index in [9.17, 15) is 14.0 Å². The summed E-state index contributed by atoms with van der Waals surface area (Å²) >= 11 is 0. The predicted molar refractivity (Wildman–Crippen MR) is 78.3 cm³/mol. The third-order valence-corrected chi connectivity index (χ3v) is 2.72. The molecule has 0 unspecified atom stereocenters. The summed E-state index contributed by atoms with van der Waals surface area (Å²) in [6, 6.07) is 9.07. The number of halogens is 1. The summed E-state index contributed by atoms with van der Waals surface area (Å²) < 4.78 is 23.3. The van der Waals surface area contributed by atoms with Gasteiger partial charge in [0.25, 0.3) is 5.91 Å². The summed E-state index contributed by atoms with van der Waals surface area (Å²) in [5.74, 6) is -1.40. The first-order chi connectivity index (χ1) is 10.6. The monoisotopic (exact) mass is 303 g/mol. The molecule has 22 heavy (non-hydrogen) atoms. The molecule has 0 bridgehead atoms. The molecular formula is C16H14FNO4. The quantitative estimate of drug-likeness (QED) is 0.681. The molecule has 114 valence electrons. The van der Waals surface area contributed by atoms with Crippen LogP contribution in [0.5, 0.6) is 0 Å². The van der Waals surface area contributed by atoms with Gasteiger partial charge in [0.1, 0.15) is 11.6 Å². The zero-order valence-electron chi connectivity index (χ0n) is 11.8. The van der Waals surface area contributed by atoms with Crippen LogP contribution in [-0.4, -0.2) is 18.0 Å². The van der Waals surface area contributed by atoms with E-state index >= 15 is 0 Å². The largest absolute Gasteiger partial charge is 0.465 e. The number of anilines is 1. The lowest BCUT2D eigenvalue weighted by Gasteiger charge is -2.12. The van der Waals surface area contributed by atoms with Crippen molar-refractivity contribution < 1.29 is 23.1 Å². The van der Waals surface area contributed by atoms with Crippen LogP contribution < -0.4 is 5.32 Å². The highest BCUT2D eigenvalue weighted by atomic mass is 19.1. The number of rotatable bonds is 5. The topological polar surface area (TPSA) is 68.5 Å². The van der Waals surface area contributed by atoms with Crippen LogP contribution in [0.1, 0.15) is 12.7 Å². The highest BCUT2D eigenvalue weighted by molar-refractivity contribution is 5.96. The molecule has 1 N–H and O–H groups in total. The Kier molecular flexibility index (Phi) is 5.08. The first kappa shape index (κ1) is 15.5. The molecule has 1 heterocycles. The van der Waals surface area contributed by atoms with Gasteiger partial charge in [-0.2, -0.15) is 0 Å². The minimum Gasteiger partial charge on any atom is -0.465 e. The van der Waals surface area contributed by atoms with Crippen LogP contribution in [0.3, 0.4) is 0 Å². The average molecular weight is 303 g/mol. The van der Waals surface area contributed by atoms with Crippen LogP contribution in [0, 0.1) is 5.82 Å². The number of amides is 1. The molecule has 0 saturated carbocycles. The number of nitrogens with one attached hydrogen (secondary N) is 1. The van der Waals surface area contributed by atoms with Crippen molar-refractivity contribution in [2.24, 2.45) is 0 Å². The maximum absolute atomic E-state index is 13.4. The second kappa shape index (κ2) is 7.21. The average Bonchev–Trinajstić information content (AvgIpc) is 3.00. The molecule has 0 aliphatic rings. The fourth-order valence-electron chi connectivity index (χ4n) is 1.60. The van der Waals surface area contributed by atoms with Gasteiger partial charge in [-0.15, -0.1) is 0 Å². The molecule has 1 aromatic heterocycles. The van der Waals surface area contributed by atoms with E-state index < -0.39 is 23.8 Å². The SMILES string of the molecule is C[C@H](OC(=O)/C=C/c1ccco1)C(=O)Nc1ccccc1F. The Morgan fingerprint density at radius 3 is 2.73 bits per heavy atom. The van der Waals surface area contributed by atoms with Gasteiger partial charge in [-0.05, 0) is 37.3 Å². The first-order valence-electron chi connectivity index (χ1n) is 6.54. The van der Waals surface area contributed by atoms with Crippen LogP contribution in [0.25, 0.3) is 6.08 Å². The lowest BCUT2D eigenvalue weighted by Crippen LogP contribution is -2.29. The standard InChI is InChI=1S/C16H14FNO4/c1-11(16(20)18-14-7-3-2-6-13(14)17)22-15(19)9-8-12-5-4-10-21-12/h2-11H,1H3,(H,18,20)/b9-8+/t11-/m0/s1. The van der Waals surface area contributed by atoms with Crippen molar-refractivity contribution in [2.75, 3.05) is 5.32 Å². The molecule has 6 heteroatoms. The highest BCUT2D eigenvalue weighted by Crippen LogP contribution is 2.13. The van der Waals surface area contributed by atoms with Gasteiger partial charge in [0.05, 0.1) is 12.0 Å². The fourth-order valence-corrected chi connectivity index (χ4v) is 1.60. The molecule has 0 aliphatic carbocycles. The zero-order chi connectivity index (χ0) is 15.9. The minimum atomic E-state index is -1.06. The molecule has 0 spiro atoms. The van der Waals surface area contributed by atoms with Crippen LogP contribution in [0.15, 0.2) is 53.2 Å². The van der Waals surface area contributed by atoms with Gasteiger partial charge < -0.3 is 14.5 Å². The molecule has 2 aromatic rings. The summed E-state index contributed by atoms with van der Waals surface area (Å²) in [6.45, 7) is 1.40. The van der Waals surface area contributed by atoms with Crippen molar-refractivity contribution in [3.63, 3.8) is 0 Å². The molecule has 0 saturated heterocycles. The summed E-state index contributed by atoms with van der Waals surface area (Å²) in [5, 5.41) is 2.35. The van der Waals surface area contributed by atoms with E-state index in [0.29, 0.717) is 5.76 Å². The van der Waals surface area contributed by atoms with Crippen LogP contribution in [0.4, 0.5) is 10.1 Å². The third-order valence-electron chi connectivity index (χ3n) is 2.72. The Balaban J connectivity index is 1.88.